The highest BCUT2D eigenvalue weighted by atomic mass is 19.1. The highest BCUT2D eigenvalue weighted by Gasteiger charge is 2.24. The Morgan fingerprint density at radius 3 is 2.55 bits per heavy atom. The number of carbonyl (C=O) groups excluding carboxylic acids is 1. The molecule has 1 atom stereocenters. The van der Waals surface area contributed by atoms with Crippen molar-refractivity contribution in [2.75, 3.05) is 13.2 Å². The van der Waals surface area contributed by atoms with E-state index < -0.39 is 6.29 Å². The van der Waals surface area contributed by atoms with E-state index >= 15 is 0 Å². The van der Waals surface area contributed by atoms with Gasteiger partial charge in [-0.05, 0) is 24.0 Å². The van der Waals surface area contributed by atoms with Gasteiger partial charge in [0.25, 0.3) is 0 Å². The van der Waals surface area contributed by atoms with Crippen molar-refractivity contribution in [3.63, 3.8) is 0 Å². The molecule has 1 aromatic rings. The molecule has 110 valence electrons. The fourth-order valence-corrected chi connectivity index (χ4v) is 2.35. The summed E-state index contributed by atoms with van der Waals surface area (Å²) in [6.45, 7) is 4.81. The van der Waals surface area contributed by atoms with Crippen molar-refractivity contribution in [1.82, 2.24) is 0 Å². The van der Waals surface area contributed by atoms with E-state index in [-0.39, 0.29) is 23.6 Å². The van der Waals surface area contributed by atoms with Gasteiger partial charge in [-0.3, -0.25) is 4.79 Å². The molecule has 1 heterocycles. The minimum atomic E-state index is -0.624. The number of amides is 1. The number of ether oxygens (including phenoxy) is 2. The molecule has 0 aliphatic carbocycles. The molecule has 1 aromatic carbocycles. The number of halogens is 1. The molecule has 4 nitrogen and oxygen atoms in total. The van der Waals surface area contributed by atoms with Gasteiger partial charge in [0, 0.05) is 11.5 Å². The lowest BCUT2D eigenvalue weighted by Crippen LogP contribution is -2.29. The van der Waals surface area contributed by atoms with Crippen LogP contribution in [0.1, 0.15) is 31.3 Å². The number of carbonyl (C=O) groups is 1. The molecule has 1 amide bonds. The number of nitrogens with two attached hydrogens (primary N) is 1. The van der Waals surface area contributed by atoms with Gasteiger partial charge >= 0.3 is 0 Å². The number of rotatable bonds is 5. The molecule has 0 spiro atoms. The molecule has 0 radical (unpaired) electrons. The van der Waals surface area contributed by atoms with Crippen molar-refractivity contribution in [2.45, 2.75) is 26.6 Å². The Kier molecular flexibility index (Phi) is 4.73. The summed E-state index contributed by atoms with van der Waals surface area (Å²) in [5.74, 6) is -0.899. The summed E-state index contributed by atoms with van der Waals surface area (Å²) in [6.07, 6.45) is -0.183. The molecule has 0 aromatic heterocycles. The van der Waals surface area contributed by atoms with Gasteiger partial charge in [0.15, 0.2) is 6.29 Å². The van der Waals surface area contributed by atoms with E-state index in [0.29, 0.717) is 25.2 Å². The summed E-state index contributed by atoms with van der Waals surface area (Å²) in [5, 5.41) is 0. The summed E-state index contributed by atoms with van der Waals surface area (Å²) < 4.78 is 24.6. The van der Waals surface area contributed by atoms with Gasteiger partial charge in [-0.25, -0.2) is 4.39 Å². The molecule has 1 aliphatic heterocycles. The van der Waals surface area contributed by atoms with Crippen LogP contribution in [0, 0.1) is 17.7 Å². The largest absolute Gasteiger partial charge is 0.369 e. The number of hydrogen-bond acceptors (Lipinski definition) is 3. The number of primary amides is 1. The summed E-state index contributed by atoms with van der Waals surface area (Å²) in [7, 11) is 0. The standard InChI is InChI=1S/C15H20FNO3/c1-9(2)12(14(17)18)7-10-3-4-11(13(16)8-10)15-19-5-6-20-15/h3-4,8-9,12,15H,5-7H2,1-2H3,(H2,17,18). The average molecular weight is 281 g/mol. The fraction of sp³-hybridized carbons (Fsp3) is 0.533. The van der Waals surface area contributed by atoms with Crippen molar-refractivity contribution in [3.05, 3.63) is 35.1 Å². The molecule has 0 saturated carbocycles. The van der Waals surface area contributed by atoms with Crippen LogP contribution in [0.15, 0.2) is 18.2 Å². The monoisotopic (exact) mass is 281 g/mol. The van der Waals surface area contributed by atoms with Gasteiger partial charge < -0.3 is 15.2 Å². The van der Waals surface area contributed by atoms with E-state index in [2.05, 4.69) is 0 Å². The van der Waals surface area contributed by atoms with E-state index in [1.165, 1.54) is 6.07 Å². The minimum Gasteiger partial charge on any atom is -0.369 e. The predicted octanol–water partition coefficient (Wildman–Crippen LogP) is 2.17. The predicted molar refractivity (Wildman–Crippen MR) is 72.3 cm³/mol. The topological polar surface area (TPSA) is 61.6 Å². The lowest BCUT2D eigenvalue weighted by Gasteiger charge is -2.18. The Morgan fingerprint density at radius 2 is 2.05 bits per heavy atom. The normalized spacial score (nSPS) is 17.6. The first kappa shape index (κ1) is 14.9. The Balaban J connectivity index is 2.14. The van der Waals surface area contributed by atoms with Crippen molar-refractivity contribution in [3.8, 4) is 0 Å². The maximum absolute atomic E-state index is 14.1. The third-order valence-corrected chi connectivity index (χ3v) is 3.57. The van der Waals surface area contributed by atoms with E-state index in [1.54, 1.807) is 12.1 Å². The van der Waals surface area contributed by atoms with Crippen LogP contribution < -0.4 is 5.73 Å². The lowest BCUT2D eigenvalue weighted by molar-refractivity contribution is -0.123. The zero-order chi connectivity index (χ0) is 14.7. The second-order valence-electron chi connectivity index (χ2n) is 5.39. The zero-order valence-corrected chi connectivity index (χ0v) is 11.8. The molecule has 0 bridgehead atoms. The molecule has 20 heavy (non-hydrogen) atoms. The van der Waals surface area contributed by atoms with Gasteiger partial charge in [-0.2, -0.15) is 0 Å². The summed E-state index contributed by atoms with van der Waals surface area (Å²) >= 11 is 0. The van der Waals surface area contributed by atoms with Crippen LogP contribution in [0.2, 0.25) is 0 Å². The fourth-order valence-electron chi connectivity index (χ4n) is 2.35. The average Bonchev–Trinajstić information content (AvgIpc) is 2.89. The molecule has 1 aliphatic rings. The third-order valence-electron chi connectivity index (χ3n) is 3.57. The van der Waals surface area contributed by atoms with E-state index in [9.17, 15) is 9.18 Å². The van der Waals surface area contributed by atoms with Gasteiger partial charge in [-0.15, -0.1) is 0 Å². The second kappa shape index (κ2) is 6.33. The van der Waals surface area contributed by atoms with E-state index in [1.807, 2.05) is 13.8 Å². The molecular weight excluding hydrogens is 261 g/mol. The molecule has 5 heteroatoms. The van der Waals surface area contributed by atoms with Gasteiger partial charge in [0.1, 0.15) is 5.82 Å². The van der Waals surface area contributed by atoms with Crippen molar-refractivity contribution in [1.29, 1.82) is 0 Å². The maximum Gasteiger partial charge on any atom is 0.221 e. The summed E-state index contributed by atoms with van der Waals surface area (Å²) in [6, 6.07) is 4.87. The van der Waals surface area contributed by atoms with Crippen LogP contribution in [-0.2, 0) is 20.7 Å². The molecule has 2 N–H and O–H groups in total. The SMILES string of the molecule is CC(C)C(Cc1ccc(C2OCCO2)c(F)c1)C(N)=O. The second-order valence-corrected chi connectivity index (χ2v) is 5.39. The molecule has 1 saturated heterocycles. The van der Waals surface area contributed by atoms with Crippen LogP contribution in [0.5, 0.6) is 0 Å². The molecule has 2 rings (SSSR count). The molecular formula is C15H20FNO3. The third kappa shape index (κ3) is 3.35. The molecule has 1 fully saturated rings. The van der Waals surface area contributed by atoms with Crippen molar-refractivity contribution < 1.29 is 18.7 Å². The Hall–Kier alpha value is -1.46. The first-order chi connectivity index (χ1) is 9.49. The smallest absolute Gasteiger partial charge is 0.221 e. The highest BCUT2D eigenvalue weighted by molar-refractivity contribution is 5.77. The first-order valence-electron chi connectivity index (χ1n) is 6.80. The van der Waals surface area contributed by atoms with Crippen LogP contribution in [0.4, 0.5) is 4.39 Å². The van der Waals surface area contributed by atoms with Crippen LogP contribution >= 0.6 is 0 Å². The van der Waals surface area contributed by atoms with E-state index in [0.717, 1.165) is 5.56 Å². The van der Waals surface area contributed by atoms with Crippen LogP contribution in [0.25, 0.3) is 0 Å². The lowest BCUT2D eigenvalue weighted by atomic mass is 9.88. The number of hydrogen-bond donors (Lipinski definition) is 1. The highest BCUT2D eigenvalue weighted by Crippen LogP contribution is 2.27. The Bertz CT molecular complexity index is 484. The summed E-state index contributed by atoms with van der Waals surface area (Å²) in [5.41, 5.74) is 6.53. The maximum atomic E-state index is 14.1. The first-order valence-corrected chi connectivity index (χ1v) is 6.80. The summed E-state index contributed by atoms with van der Waals surface area (Å²) in [4.78, 5) is 11.4. The van der Waals surface area contributed by atoms with E-state index in [4.69, 9.17) is 15.2 Å². The van der Waals surface area contributed by atoms with Crippen LogP contribution in [-0.4, -0.2) is 19.1 Å². The van der Waals surface area contributed by atoms with Gasteiger partial charge in [0.05, 0.1) is 13.2 Å². The Morgan fingerprint density at radius 1 is 1.40 bits per heavy atom. The zero-order valence-electron chi connectivity index (χ0n) is 11.8. The van der Waals surface area contributed by atoms with Crippen molar-refractivity contribution >= 4 is 5.91 Å². The molecule has 1 unspecified atom stereocenters. The van der Waals surface area contributed by atoms with Gasteiger partial charge in [-0.1, -0.05) is 26.0 Å². The van der Waals surface area contributed by atoms with Crippen molar-refractivity contribution in [2.24, 2.45) is 17.6 Å². The Labute approximate surface area is 118 Å². The minimum absolute atomic E-state index is 0.122. The quantitative estimate of drug-likeness (QED) is 0.899. The van der Waals surface area contributed by atoms with Gasteiger partial charge in [0.2, 0.25) is 5.91 Å². The number of benzene rings is 1. The van der Waals surface area contributed by atoms with Crippen LogP contribution in [0.3, 0.4) is 0 Å².